The molecule has 32 heteroatoms. The lowest BCUT2D eigenvalue weighted by atomic mass is 10.1. The van der Waals surface area contributed by atoms with Gasteiger partial charge in [0.1, 0.15) is 91.5 Å². The number of nitrogens with one attached hydrogen (secondary N) is 2. The van der Waals surface area contributed by atoms with E-state index in [0.29, 0.717) is 120 Å². The number of pyridine rings is 5. The Labute approximate surface area is 730 Å². The molecular weight excluding hydrogens is 1630 g/mol. The van der Waals surface area contributed by atoms with Crippen LogP contribution in [-0.2, 0) is 89.2 Å². The van der Waals surface area contributed by atoms with E-state index in [1.807, 2.05) is 60.7 Å². The third-order valence-electron chi connectivity index (χ3n) is 15.8. The number of aryl methyl sites for hydroxylation is 5. The van der Waals surface area contributed by atoms with Gasteiger partial charge in [-0.2, -0.15) is 0 Å². The van der Waals surface area contributed by atoms with E-state index in [1.165, 1.54) is 70.5 Å². The molecule has 666 valence electrons. The molecule has 5 aromatic heterocycles. The summed E-state index contributed by atoms with van der Waals surface area (Å²) in [6, 6.07) is 52.2. The first kappa shape index (κ1) is 100.0. The normalized spacial score (nSPS) is 10.8. The van der Waals surface area contributed by atoms with Crippen molar-refractivity contribution in [2.45, 2.75) is 170 Å². The number of carbonyl (C=O) groups is 10. The van der Waals surface area contributed by atoms with Crippen LogP contribution in [0.1, 0.15) is 174 Å². The Kier molecular flexibility index (Phi) is 39.1. The predicted molar refractivity (Wildman–Crippen MR) is 464 cm³/mol. The van der Waals surface area contributed by atoms with Gasteiger partial charge in [-0.25, -0.2) is 48.9 Å². The van der Waals surface area contributed by atoms with Gasteiger partial charge in [0.25, 0.3) is 0 Å². The maximum atomic E-state index is 12.1. The molecule has 0 aliphatic rings. The molecule has 0 saturated heterocycles. The van der Waals surface area contributed by atoms with Gasteiger partial charge in [0.05, 0.1) is 21.3 Å². The van der Waals surface area contributed by atoms with E-state index in [-0.39, 0.29) is 47.8 Å². The smallest absolute Gasteiger partial charge is 0.413 e. The molecule has 0 radical (unpaired) electrons. The average molecular weight is 1730 g/mol. The number of nitrogens with zero attached hydrogens (tertiary/aromatic N) is 5. The highest BCUT2D eigenvalue weighted by Gasteiger charge is 2.23. The van der Waals surface area contributed by atoms with E-state index in [9.17, 15) is 47.9 Å². The number of anilines is 2. The number of benzene rings is 5. The quantitative estimate of drug-likeness (QED) is 0.0206. The lowest BCUT2D eigenvalue weighted by molar-refractivity contribution is -0.141. The van der Waals surface area contributed by atoms with Crippen LogP contribution in [0.15, 0.2) is 213 Å². The number of ether oxygens (including phenoxy) is 12. The molecule has 2 amide bonds. The summed E-state index contributed by atoms with van der Waals surface area (Å²) in [4.78, 5) is 134. The van der Waals surface area contributed by atoms with Crippen LogP contribution < -0.4 is 34.3 Å². The lowest BCUT2D eigenvalue weighted by Gasteiger charge is -2.19. The number of carboxylic acid groups (broad SMARTS) is 3. The van der Waals surface area contributed by atoms with Crippen LogP contribution in [0.5, 0.6) is 57.5 Å². The van der Waals surface area contributed by atoms with Crippen LogP contribution in [-0.4, -0.2) is 144 Å². The molecule has 10 aromatic rings. The van der Waals surface area contributed by atoms with Crippen LogP contribution in [0.3, 0.4) is 0 Å². The van der Waals surface area contributed by atoms with Crippen molar-refractivity contribution >= 4 is 71.6 Å². The SMILES string of the molecule is CC(C)(C)OC(=O)Nc1cc(Oc2cccc(CCC(=O)O)c2)ccn1.CC(C)(C)OC(=O)c1cc(Oc2cccc(CCC(=O)O)c2)ccn1.COC(=O)CCc1cccc(Oc2ccnc(C(=O)O)c2)c1.COC(=O)CCc1cccc(Oc2ccnc(C(=O)OC(C)(C)C)c2)c1.COC(=O)CCc1cccc(Oc2ccnc(NC(=O)OC(C)(C)C)c2)c1. The topological polar surface area (TPSA) is 431 Å². The summed E-state index contributed by atoms with van der Waals surface area (Å²) in [5.41, 5.74) is 2.43. The van der Waals surface area contributed by atoms with Crippen molar-refractivity contribution in [1.29, 1.82) is 0 Å². The second-order valence-corrected chi connectivity index (χ2v) is 31.2. The number of esters is 5. The van der Waals surface area contributed by atoms with E-state index in [1.54, 1.807) is 186 Å². The van der Waals surface area contributed by atoms with Crippen LogP contribution in [0.25, 0.3) is 0 Å². The first-order valence-corrected chi connectivity index (χ1v) is 39.5. The molecular formula is C94H105N7O25. The molecule has 5 N–H and O–H groups in total. The third kappa shape index (κ3) is 41.1. The number of hydrogen-bond acceptors (Lipinski definition) is 27. The van der Waals surface area contributed by atoms with Crippen molar-refractivity contribution in [3.8, 4) is 57.5 Å². The van der Waals surface area contributed by atoms with Gasteiger partial charge in [-0.05, 0) is 234 Å². The summed E-state index contributed by atoms with van der Waals surface area (Å²) >= 11 is 0. The van der Waals surface area contributed by atoms with Gasteiger partial charge in [0.2, 0.25) is 0 Å². The number of methoxy groups -OCH3 is 3. The van der Waals surface area contributed by atoms with Crippen molar-refractivity contribution in [3.63, 3.8) is 0 Å². The third-order valence-corrected chi connectivity index (χ3v) is 15.8. The molecule has 0 fully saturated rings. The predicted octanol–water partition coefficient (Wildman–Crippen LogP) is 19.0. The second kappa shape index (κ2) is 49.3. The lowest BCUT2D eigenvalue weighted by Crippen LogP contribution is -2.27. The Bertz CT molecular complexity index is 5320. The largest absolute Gasteiger partial charge is 0.481 e. The molecule has 0 aliphatic heterocycles. The fraction of sp³-hybridized carbons (Fsp3) is 0.309. The molecule has 5 heterocycles. The van der Waals surface area contributed by atoms with Crippen LogP contribution in [0.4, 0.5) is 21.2 Å². The van der Waals surface area contributed by atoms with E-state index in [2.05, 4.69) is 49.8 Å². The van der Waals surface area contributed by atoms with Gasteiger partial charge >= 0.3 is 59.9 Å². The summed E-state index contributed by atoms with van der Waals surface area (Å²) in [5.74, 6) is 1.25. The maximum Gasteiger partial charge on any atom is 0.413 e. The van der Waals surface area contributed by atoms with Crippen LogP contribution >= 0.6 is 0 Å². The molecule has 0 aliphatic carbocycles. The highest BCUT2D eigenvalue weighted by atomic mass is 16.6. The number of carboxylic acids is 3. The first-order valence-electron chi connectivity index (χ1n) is 39.5. The number of hydrogen-bond donors (Lipinski definition) is 5. The maximum absolute atomic E-state index is 12.1. The number of aliphatic carboxylic acids is 2. The van der Waals surface area contributed by atoms with Gasteiger partial charge in [0.15, 0.2) is 17.1 Å². The van der Waals surface area contributed by atoms with Gasteiger partial charge in [0, 0.05) is 93.4 Å². The zero-order valence-corrected chi connectivity index (χ0v) is 72.8. The highest BCUT2D eigenvalue weighted by Crippen LogP contribution is 2.31. The Balaban J connectivity index is 0.000000244. The van der Waals surface area contributed by atoms with Gasteiger partial charge in [-0.3, -0.25) is 34.6 Å². The minimum atomic E-state index is -1.11. The second-order valence-electron chi connectivity index (χ2n) is 31.2. The van der Waals surface area contributed by atoms with Crippen LogP contribution in [0.2, 0.25) is 0 Å². The molecule has 32 nitrogen and oxygen atoms in total. The molecule has 0 spiro atoms. The van der Waals surface area contributed by atoms with Crippen molar-refractivity contribution in [2.75, 3.05) is 32.0 Å². The van der Waals surface area contributed by atoms with Gasteiger partial charge in [-0.1, -0.05) is 60.7 Å². The number of aromatic nitrogens is 5. The number of rotatable bonds is 30. The Morgan fingerprint density at radius 1 is 0.286 bits per heavy atom. The van der Waals surface area contributed by atoms with Crippen molar-refractivity contribution in [3.05, 3.63) is 258 Å². The summed E-state index contributed by atoms with van der Waals surface area (Å²) in [5, 5.41) is 31.6. The van der Waals surface area contributed by atoms with Crippen molar-refractivity contribution < 1.29 is 120 Å². The van der Waals surface area contributed by atoms with E-state index in [4.69, 9.17) is 58.0 Å². The minimum absolute atomic E-state index is 0.0570. The fourth-order valence-corrected chi connectivity index (χ4v) is 10.4. The van der Waals surface area contributed by atoms with E-state index in [0.717, 1.165) is 27.8 Å². The standard InChI is InChI=1S/C20H24N2O5.C20H23NO5.C19H22N2O5.C19H21NO5.C16H15NO5/c1-20(2,3)27-19(24)22-17-13-16(10-11-21-17)26-15-7-5-6-14(12-15)8-9-18(23)25-4;1-20(2,3)26-19(23)17-13-16(10-11-21-17)25-15-7-5-6-14(12-15)8-9-18(22)24-4;1-19(2,3)26-18(24)21-16-12-15(9-10-20-16)25-14-6-4-5-13(11-14)7-8-17(22)23;1-19(2,3)25-18(23)16-12-15(9-10-20-16)24-14-6-4-5-13(11-14)7-8-17(21)22;1-21-15(18)6-5-11-3-2-4-12(9-11)22-13-7-8-17-14(10-13)16(19)20/h5-7,10-13H,8-9H2,1-4H3,(H,21,22,24);5-7,10-13H,8-9H2,1-4H3;4-6,9-12H,7-8H2,1-3H3,(H,22,23)(H,20,21,24);4-6,9-12H,7-8H2,1-3H3,(H,21,22);2-4,7-10H,5-6H2,1H3,(H,19,20). The monoisotopic (exact) mass is 1730 g/mol. The summed E-state index contributed by atoms with van der Waals surface area (Å²) in [7, 11) is 4.09. The molecule has 0 unspecified atom stereocenters. The molecule has 5 aromatic carbocycles. The molecule has 0 atom stereocenters. The average Bonchev–Trinajstić information content (AvgIpc) is 0.812. The first-order chi connectivity index (χ1) is 59.5. The van der Waals surface area contributed by atoms with Crippen molar-refractivity contribution in [1.82, 2.24) is 24.9 Å². The summed E-state index contributed by atoms with van der Waals surface area (Å²) in [6.45, 7) is 21.4. The highest BCUT2D eigenvalue weighted by molar-refractivity contribution is 5.89. The van der Waals surface area contributed by atoms with E-state index >= 15 is 0 Å². The van der Waals surface area contributed by atoms with Gasteiger partial charge in [-0.15, -0.1) is 0 Å². The zero-order valence-electron chi connectivity index (χ0n) is 72.8. The zero-order chi connectivity index (χ0) is 92.6. The number of amides is 2. The Morgan fingerprint density at radius 3 is 0.762 bits per heavy atom. The molecule has 0 bridgehead atoms. The molecule has 0 saturated carbocycles. The summed E-state index contributed by atoms with van der Waals surface area (Å²) in [6.07, 6.45) is 9.72. The van der Waals surface area contributed by atoms with Gasteiger partial charge < -0.3 is 72.2 Å². The molecule has 126 heavy (non-hydrogen) atoms. The number of carbonyl (C=O) groups excluding carboxylic acids is 7. The molecule has 10 rings (SSSR count). The fourth-order valence-electron chi connectivity index (χ4n) is 10.4. The Morgan fingerprint density at radius 2 is 0.516 bits per heavy atom. The van der Waals surface area contributed by atoms with E-state index < -0.39 is 64.4 Å². The Hall–Kier alpha value is -14.9. The minimum Gasteiger partial charge on any atom is -0.481 e. The van der Waals surface area contributed by atoms with Crippen molar-refractivity contribution in [2.24, 2.45) is 0 Å². The summed E-state index contributed by atoms with van der Waals surface area (Å²) < 4.78 is 63.7. The number of aromatic carboxylic acids is 1. The van der Waals surface area contributed by atoms with Crippen LogP contribution in [0, 0.1) is 0 Å².